The van der Waals surface area contributed by atoms with Gasteiger partial charge >= 0.3 is 0 Å². The Labute approximate surface area is 78.4 Å². The Kier molecular flexibility index (Phi) is 1.65. The second kappa shape index (κ2) is 2.59. The van der Waals surface area contributed by atoms with E-state index in [2.05, 4.69) is 54.5 Å². The summed E-state index contributed by atoms with van der Waals surface area (Å²) >= 11 is 0. The van der Waals surface area contributed by atoms with Gasteiger partial charge < -0.3 is 0 Å². The average Bonchev–Trinajstić information content (AvgIpc) is 2.47. The van der Waals surface area contributed by atoms with Crippen LogP contribution in [0.4, 0.5) is 0 Å². The van der Waals surface area contributed by atoms with Crippen LogP contribution in [-0.2, 0) is 5.41 Å². The minimum absolute atomic E-state index is 0.221. The Hall–Kier alpha value is -1.31. The molecule has 2 aromatic rings. The van der Waals surface area contributed by atoms with Gasteiger partial charge in [0.1, 0.15) is 0 Å². The molecule has 0 atom stereocenters. The third-order valence-corrected chi connectivity index (χ3v) is 2.29. The number of nitrogens with zero attached hydrogens (tertiary/aromatic N) is 2. The summed E-state index contributed by atoms with van der Waals surface area (Å²) in [5, 5.41) is 0. The SMILES string of the molecule is CC(C)(C)c1ccn2ccc[n+]2c1. The molecule has 0 unspecified atom stereocenters. The lowest BCUT2D eigenvalue weighted by Crippen LogP contribution is -2.29. The molecule has 2 heterocycles. The van der Waals surface area contributed by atoms with E-state index >= 15 is 0 Å². The zero-order valence-corrected chi connectivity index (χ0v) is 8.36. The molecule has 0 aromatic carbocycles. The number of rotatable bonds is 0. The normalized spacial score (nSPS) is 12.2. The third kappa shape index (κ3) is 1.44. The van der Waals surface area contributed by atoms with Crippen molar-refractivity contribution < 1.29 is 4.52 Å². The predicted molar refractivity (Wildman–Crippen MR) is 51.8 cm³/mol. The zero-order valence-electron chi connectivity index (χ0n) is 8.36. The Morgan fingerprint density at radius 2 is 2.00 bits per heavy atom. The van der Waals surface area contributed by atoms with Crippen molar-refractivity contribution in [3.05, 3.63) is 42.5 Å². The molecule has 0 bridgehead atoms. The summed E-state index contributed by atoms with van der Waals surface area (Å²) in [7, 11) is 0. The van der Waals surface area contributed by atoms with Crippen molar-refractivity contribution >= 4 is 0 Å². The molecule has 68 valence electrons. The number of hydrogen-bond donors (Lipinski definition) is 0. The van der Waals surface area contributed by atoms with Crippen molar-refractivity contribution in [3.8, 4) is 0 Å². The topological polar surface area (TPSA) is 8.51 Å². The molecular formula is C11H15N2+. The van der Waals surface area contributed by atoms with Gasteiger partial charge in [0, 0.05) is 11.6 Å². The molecule has 0 N–H and O–H groups in total. The predicted octanol–water partition coefficient (Wildman–Crippen LogP) is 1.82. The van der Waals surface area contributed by atoms with Crippen LogP contribution in [-0.4, -0.2) is 4.52 Å². The maximum atomic E-state index is 2.22. The lowest BCUT2D eigenvalue weighted by molar-refractivity contribution is -0.618. The third-order valence-electron chi connectivity index (χ3n) is 2.29. The highest BCUT2D eigenvalue weighted by atomic mass is 15.3. The first-order valence-corrected chi connectivity index (χ1v) is 4.56. The molecule has 13 heavy (non-hydrogen) atoms. The minimum Gasteiger partial charge on any atom is -0.130 e. The highest BCUT2D eigenvalue weighted by molar-refractivity contribution is 5.14. The molecule has 0 saturated carbocycles. The lowest BCUT2D eigenvalue weighted by Gasteiger charge is -2.15. The minimum atomic E-state index is 0.221. The summed E-state index contributed by atoms with van der Waals surface area (Å²) < 4.78 is 4.13. The van der Waals surface area contributed by atoms with E-state index in [1.165, 1.54) is 5.56 Å². The fourth-order valence-electron chi connectivity index (χ4n) is 1.39. The van der Waals surface area contributed by atoms with Crippen molar-refractivity contribution in [1.29, 1.82) is 0 Å². The van der Waals surface area contributed by atoms with Gasteiger partial charge in [0.15, 0.2) is 0 Å². The lowest BCUT2D eigenvalue weighted by atomic mass is 9.89. The largest absolute Gasteiger partial charge is 0.204 e. The van der Waals surface area contributed by atoms with E-state index in [4.69, 9.17) is 0 Å². The Bertz CT molecular complexity index is 421. The van der Waals surface area contributed by atoms with Gasteiger partial charge in [0.25, 0.3) is 0 Å². The van der Waals surface area contributed by atoms with Crippen molar-refractivity contribution in [2.24, 2.45) is 0 Å². The summed E-state index contributed by atoms with van der Waals surface area (Å²) in [6.45, 7) is 6.67. The summed E-state index contributed by atoms with van der Waals surface area (Å²) in [6, 6.07) is 4.20. The first kappa shape index (κ1) is 8.30. The molecule has 0 aliphatic carbocycles. The first-order valence-electron chi connectivity index (χ1n) is 4.56. The van der Waals surface area contributed by atoms with Gasteiger partial charge in [-0.1, -0.05) is 25.3 Å². The van der Waals surface area contributed by atoms with Crippen LogP contribution in [0.5, 0.6) is 0 Å². The van der Waals surface area contributed by atoms with Gasteiger partial charge in [0.2, 0.25) is 12.4 Å². The molecule has 0 spiro atoms. The average molecular weight is 175 g/mol. The van der Waals surface area contributed by atoms with Crippen molar-refractivity contribution in [3.63, 3.8) is 0 Å². The summed E-state index contributed by atoms with van der Waals surface area (Å²) in [5.41, 5.74) is 1.57. The second-order valence-corrected chi connectivity index (χ2v) is 4.40. The summed E-state index contributed by atoms with van der Waals surface area (Å²) in [4.78, 5) is 0. The quantitative estimate of drug-likeness (QED) is 0.540. The van der Waals surface area contributed by atoms with Crippen LogP contribution in [0, 0.1) is 0 Å². The highest BCUT2D eigenvalue weighted by Gasteiger charge is 2.16. The maximum Gasteiger partial charge on any atom is 0.204 e. The van der Waals surface area contributed by atoms with Crippen molar-refractivity contribution in [2.75, 3.05) is 0 Å². The van der Waals surface area contributed by atoms with Crippen LogP contribution in [0.25, 0.3) is 0 Å². The molecule has 0 aliphatic heterocycles. The molecule has 2 aromatic heterocycles. The molecule has 0 fully saturated rings. The Morgan fingerprint density at radius 1 is 1.23 bits per heavy atom. The molecule has 2 rings (SSSR count). The van der Waals surface area contributed by atoms with Crippen LogP contribution in [0.15, 0.2) is 36.9 Å². The van der Waals surface area contributed by atoms with E-state index in [0.717, 1.165) is 0 Å². The number of fused-ring (bicyclic) bond motifs is 1. The maximum absolute atomic E-state index is 2.22. The van der Waals surface area contributed by atoms with E-state index in [1.807, 2.05) is 12.3 Å². The highest BCUT2D eigenvalue weighted by Crippen LogP contribution is 2.19. The van der Waals surface area contributed by atoms with Crippen LogP contribution in [0.2, 0.25) is 0 Å². The van der Waals surface area contributed by atoms with Crippen LogP contribution in [0.3, 0.4) is 0 Å². The summed E-state index contributed by atoms with van der Waals surface area (Å²) in [5.74, 6) is 0. The zero-order chi connectivity index (χ0) is 9.47. The monoisotopic (exact) mass is 175 g/mol. The Morgan fingerprint density at radius 3 is 2.69 bits per heavy atom. The second-order valence-electron chi connectivity index (χ2n) is 4.40. The smallest absolute Gasteiger partial charge is 0.130 e. The molecule has 0 radical (unpaired) electrons. The summed E-state index contributed by atoms with van der Waals surface area (Å²) in [6.07, 6.45) is 8.34. The van der Waals surface area contributed by atoms with Crippen LogP contribution < -0.4 is 4.52 Å². The standard InChI is InChI=1S/C11H15N2/c1-11(2,3)10-5-8-12-6-4-7-13(12)9-10/h4-9H,1-3H3/q+1. The van der Waals surface area contributed by atoms with Crippen molar-refractivity contribution in [2.45, 2.75) is 26.2 Å². The van der Waals surface area contributed by atoms with Gasteiger partial charge in [-0.2, -0.15) is 0 Å². The Balaban J connectivity index is 2.61. The van der Waals surface area contributed by atoms with Gasteiger partial charge in [-0.15, -0.1) is 4.52 Å². The van der Waals surface area contributed by atoms with Crippen LogP contribution in [0.1, 0.15) is 26.3 Å². The molecule has 0 saturated heterocycles. The molecule has 2 nitrogen and oxygen atoms in total. The molecule has 0 amide bonds. The fourth-order valence-corrected chi connectivity index (χ4v) is 1.39. The molecule has 2 heteroatoms. The van der Waals surface area contributed by atoms with E-state index in [-0.39, 0.29) is 5.41 Å². The van der Waals surface area contributed by atoms with Gasteiger partial charge in [-0.3, -0.25) is 0 Å². The van der Waals surface area contributed by atoms with Gasteiger partial charge in [0.05, 0.1) is 12.4 Å². The molecular weight excluding hydrogens is 160 g/mol. The van der Waals surface area contributed by atoms with Gasteiger partial charge in [-0.05, 0) is 11.5 Å². The van der Waals surface area contributed by atoms with E-state index in [0.29, 0.717) is 0 Å². The number of hydrogen-bond acceptors (Lipinski definition) is 0. The van der Waals surface area contributed by atoms with E-state index in [1.54, 1.807) is 0 Å². The van der Waals surface area contributed by atoms with Crippen molar-refractivity contribution in [1.82, 2.24) is 4.52 Å². The van der Waals surface area contributed by atoms with Gasteiger partial charge in [-0.25, -0.2) is 0 Å². The molecule has 0 aliphatic rings. The number of aromatic nitrogens is 2. The van der Waals surface area contributed by atoms with E-state index in [9.17, 15) is 0 Å². The van der Waals surface area contributed by atoms with Crippen LogP contribution >= 0.6 is 0 Å². The fraction of sp³-hybridized carbons (Fsp3) is 0.364. The first-order chi connectivity index (χ1) is 6.07. The van der Waals surface area contributed by atoms with E-state index < -0.39 is 0 Å².